The van der Waals surface area contributed by atoms with E-state index in [2.05, 4.69) is 15.6 Å². The Bertz CT molecular complexity index is 614. The number of hydrogen-bond acceptors (Lipinski definition) is 4. The monoisotopic (exact) mass is 271 g/mol. The van der Waals surface area contributed by atoms with Gasteiger partial charge in [0.1, 0.15) is 5.75 Å². The van der Waals surface area contributed by atoms with Crippen LogP contribution in [0.2, 0.25) is 0 Å². The maximum atomic E-state index is 11.6. The van der Waals surface area contributed by atoms with Crippen molar-refractivity contribution in [2.75, 3.05) is 5.32 Å². The molecule has 0 spiro atoms. The number of phenols is 1. The maximum Gasteiger partial charge on any atom is 0.313 e. The second-order valence-corrected chi connectivity index (χ2v) is 4.01. The molecule has 1 heterocycles. The zero-order valence-electron chi connectivity index (χ0n) is 10.5. The van der Waals surface area contributed by atoms with Gasteiger partial charge in [0, 0.05) is 18.0 Å². The second-order valence-electron chi connectivity index (χ2n) is 4.01. The molecular formula is C14H13N3O3. The van der Waals surface area contributed by atoms with Crippen LogP contribution in [0.5, 0.6) is 5.75 Å². The van der Waals surface area contributed by atoms with E-state index in [4.69, 9.17) is 0 Å². The minimum atomic E-state index is -0.800. The number of rotatable bonds is 3. The van der Waals surface area contributed by atoms with E-state index in [-0.39, 0.29) is 12.3 Å². The molecule has 0 bridgehead atoms. The fourth-order valence-electron chi connectivity index (χ4n) is 1.53. The minimum Gasteiger partial charge on any atom is -0.508 e. The zero-order chi connectivity index (χ0) is 14.4. The van der Waals surface area contributed by atoms with Gasteiger partial charge in [-0.05, 0) is 24.3 Å². The van der Waals surface area contributed by atoms with Crippen LogP contribution in [0, 0.1) is 0 Å². The maximum absolute atomic E-state index is 11.6. The van der Waals surface area contributed by atoms with Crippen molar-refractivity contribution < 1.29 is 14.7 Å². The van der Waals surface area contributed by atoms with Crippen molar-refractivity contribution in [3.63, 3.8) is 0 Å². The lowest BCUT2D eigenvalue weighted by Gasteiger charge is -2.06. The van der Waals surface area contributed by atoms with Gasteiger partial charge in [-0.2, -0.15) is 0 Å². The Hall–Kier alpha value is -2.89. The number of phenolic OH excluding ortho intramolecular Hbond substituents is 1. The number of aromatic nitrogens is 1. The number of pyridine rings is 1. The van der Waals surface area contributed by atoms with Gasteiger partial charge in [0.05, 0.1) is 12.2 Å². The van der Waals surface area contributed by atoms with Gasteiger partial charge in [-0.1, -0.05) is 12.1 Å². The van der Waals surface area contributed by atoms with Gasteiger partial charge in [-0.15, -0.1) is 0 Å². The SMILES string of the molecule is O=C(NCc1ccccn1)C(=O)Nc1cccc(O)c1. The normalized spacial score (nSPS) is 9.80. The third-order valence-corrected chi connectivity index (χ3v) is 2.47. The number of nitrogens with zero attached hydrogens (tertiary/aromatic N) is 1. The summed E-state index contributed by atoms with van der Waals surface area (Å²) in [6.45, 7) is 0.174. The number of carbonyl (C=O) groups is 2. The summed E-state index contributed by atoms with van der Waals surface area (Å²) in [4.78, 5) is 27.2. The standard InChI is InChI=1S/C14H13N3O3/c18-12-6-3-5-10(8-12)17-14(20)13(19)16-9-11-4-1-2-7-15-11/h1-8,18H,9H2,(H,16,19)(H,17,20). The molecule has 0 fully saturated rings. The molecule has 0 saturated carbocycles. The first-order valence-electron chi connectivity index (χ1n) is 5.93. The van der Waals surface area contributed by atoms with Gasteiger partial charge < -0.3 is 15.7 Å². The van der Waals surface area contributed by atoms with Crippen LogP contribution >= 0.6 is 0 Å². The summed E-state index contributed by atoms with van der Waals surface area (Å²) in [7, 11) is 0. The van der Waals surface area contributed by atoms with Crippen molar-refractivity contribution in [3.05, 3.63) is 54.4 Å². The molecule has 0 saturated heterocycles. The Morgan fingerprint density at radius 1 is 1.10 bits per heavy atom. The van der Waals surface area contributed by atoms with Crippen LogP contribution in [0.1, 0.15) is 5.69 Å². The quantitative estimate of drug-likeness (QED) is 0.727. The van der Waals surface area contributed by atoms with Gasteiger partial charge in [0.15, 0.2) is 0 Å². The summed E-state index contributed by atoms with van der Waals surface area (Å²) in [5.41, 5.74) is 1.01. The Morgan fingerprint density at radius 3 is 2.65 bits per heavy atom. The van der Waals surface area contributed by atoms with Gasteiger partial charge in [-0.25, -0.2) is 0 Å². The Kier molecular flexibility index (Phi) is 4.28. The Morgan fingerprint density at radius 2 is 1.95 bits per heavy atom. The molecule has 2 rings (SSSR count). The van der Waals surface area contributed by atoms with Crippen molar-refractivity contribution in [3.8, 4) is 5.75 Å². The van der Waals surface area contributed by atoms with Crippen molar-refractivity contribution in [1.29, 1.82) is 0 Å². The molecule has 0 radical (unpaired) electrons. The number of carbonyl (C=O) groups excluding carboxylic acids is 2. The molecule has 20 heavy (non-hydrogen) atoms. The molecule has 1 aromatic carbocycles. The van der Waals surface area contributed by atoms with Crippen LogP contribution in [0.15, 0.2) is 48.7 Å². The Balaban J connectivity index is 1.88. The molecule has 2 aromatic rings. The van der Waals surface area contributed by atoms with E-state index in [0.29, 0.717) is 11.4 Å². The third-order valence-electron chi connectivity index (χ3n) is 2.47. The molecule has 0 aliphatic rings. The van der Waals surface area contributed by atoms with E-state index < -0.39 is 11.8 Å². The average Bonchev–Trinajstić information content (AvgIpc) is 2.46. The summed E-state index contributed by atoms with van der Waals surface area (Å²) >= 11 is 0. The second kappa shape index (κ2) is 6.33. The van der Waals surface area contributed by atoms with Crippen molar-refractivity contribution in [1.82, 2.24) is 10.3 Å². The molecule has 0 aliphatic heterocycles. The number of aromatic hydroxyl groups is 1. The molecule has 0 aliphatic carbocycles. The summed E-state index contributed by atoms with van der Waals surface area (Å²) in [6.07, 6.45) is 1.61. The molecule has 6 nitrogen and oxygen atoms in total. The highest BCUT2D eigenvalue weighted by molar-refractivity contribution is 6.39. The predicted octanol–water partition coefficient (Wildman–Crippen LogP) is 1.04. The summed E-state index contributed by atoms with van der Waals surface area (Å²) in [5.74, 6) is -1.55. The van der Waals surface area contributed by atoms with Crippen LogP contribution in [0.25, 0.3) is 0 Å². The van der Waals surface area contributed by atoms with Crippen LogP contribution in [-0.2, 0) is 16.1 Å². The molecule has 6 heteroatoms. The van der Waals surface area contributed by atoms with Crippen LogP contribution in [0.4, 0.5) is 5.69 Å². The Labute approximate surface area is 115 Å². The van der Waals surface area contributed by atoms with E-state index in [9.17, 15) is 14.7 Å². The fourth-order valence-corrected chi connectivity index (χ4v) is 1.53. The van der Waals surface area contributed by atoms with E-state index in [0.717, 1.165) is 0 Å². The molecule has 0 unspecified atom stereocenters. The molecule has 3 N–H and O–H groups in total. The topological polar surface area (TPSA) is 91.3 Å². The van der Waals surface area contributed by atoms with E-state index in [1.807, 2.05) is 0 Å². The number of benzene rings is 1. The van der Waals surface area contributed by atoms with Gasteiger partial charge in [0.2, 0.25) is 0 Å². The van der Waals surface area contributed by atoms with Crippen molar-refractivity contribution >= 4 is 17.5 Å². The van der Waals surface area contributed by atoms with Crippen LogP contribution < -0.4 is 10.6 Å². The van der Waals surface area contributed by atoms with E-state index in [1.165, 1.54) is 12.1 Å². The lowest BCUT2D eigenvalue weighted by Crippen LogP contribution is -2.35. The number of nitrogens with one attached hydrogen (secondary N) is 2. The van der Waals surface area contributed by atoms with Gasteiger partial charge in [-0.3, -0.25) is 14.6 Å². The highest BCUT2D eigenvalue weighted by Crippen LogP contribution is 2.14. The van der Waals surface area contributed by atoms with Crippen LogP contribution in [-0.4, -0.2) is 21.9 Å². The largest absolute Gasteiger partial charge is 0.508 e. The first-order chi connectivity index (χ1) is 9.65. The lowest BCUT2D eigenvalue weighted by atomic mass is 10.3. The number of hydrogen-bond donors (Lipinski definition) is 3. The van der Waals surface area contributed by atoms with Gasteiger partial charge in [0.25, 0.3) is 0 Å². The first-order valence-corrected chi connectivity index (χ1v) is 5.93. The molecular weight excluding hydrogens is 258 g/mol. The highest BCUT2D eigenvalue weighted by atomic mass is 16.3. The highest BCUT2D eigenvalue weighted by Gasteiger charge is 2.13. The molecule has 0 atom stereocenters. The molecule has 1 aromatic heterocycles. The minimum absolute atomic E-state index is 0.0108. The van der Waals surface area contributed by atoms with E-state index >= 15 is 0 Å². The molecule has 102 valence electrons. The summed E-state index contributed by atoms with van der Waals surface area (Å²) < 4.78 is 0. The van der Waals surface area contributed by atoms with Crippen molar-refractivity contribution in [2.24, 2.45) is 0 Å². The predicted molar refractivity (Wildman–Crippen MR) is 72.8 cm³/mol. The first kappa shape index (κ1) is 13.5. The third kappa shape index (κ3) is 3.81. The zero-order valence-corrected chi connectivity index (χ0v) is 10.5. The summed E-state index contributed by atoms with van der Waals surface area (Å²) in [5, 5.41) is 14.1. The van der Waals surface area contributed by atoms with Crippen molar-refractivity contribution in [2.45, 2.75) is 6.54 Å². The van der Waals surface area contributed by atoms with Gasteiger partial charge >= 0.3 is 11.8 Å². The molecule has 2 amide bonds. The average molecular weight is 271 g/mol. The summed E-state index contributed by atoms with van der Waals surface area (Å²) in [6, 6.07) is 11.3. The van der Waals surface area contributed by atoms with E-state index in [1.54, 1.807) is 36.5 Å². The number of anilines is 1. The fraction of sp³-hybridized carbons (Fsp3) is 0.0714. The smallest absolute Gasteiger partial charge is 0.313 e. The lowest BCUT2D eigenvalue weighted by molar-refractivity contribution is -0.136. The van der Waals surface area contributed by atoms with Crippen LogP contribution in [0.3, 0.4) is 0 Å². The number of amides is 2.